The first kappa shape index (κ1) is 16.0. The summed E-state index contributed by atoms with van der Waals surface area (Å²) in [5, 5.41) is 3.46. The fourth-order valence-electron chi connectivity index (χ4n) is 2.88. The van der Waals surface area contributed by atoms with Crippen LogP contribution in [-0.4, -0.2) is 25.8 Å². The van der Waals surface area contributed by atoms with Crippen molar-refractivity contribution in [3.05, 3.63) is 0 Å². The van der Waals surface area contributed by atoms with E-state index in [-0.39, 0.29) is 0 Å². The maximum atomic E-state index is 5.87. The summed E-state index contributed by atoms with van der Waals surface area (Å²) in [6, 6.07) is 0. The first-order chi connectivity index (χ1) is 8.88. The molecule has 108 valence electrons. The lowest BCUT2D eigenvalue weighted by Gasteiger charge is -2.18. The highest BCUT2D eigenvalue weighted by atomic mass is 16.5. The molecule has 0 saturated carbocycles. The number of unbranched alkanes of at least 4 members (excludes halogenated alkanes) is 6. The lowest BCUT2D eigenvalue weighted by atomic mass is 9.96. The van der Waals surface area contributed by atoms with Crippen molar-refractivity contribution >= 4 is 0 Å². The molecule has 0 radical (unpaired) electrons. The molecule has 1 heterocycles. The molecule has 1 saturated heterocycles. The molecule has 0 aromatic rings. The van der Waals surface area contributed by atoms with Gasteiger partial charge in [0.15, 0.2) is 0 Å². The van der Waals surface area contributed by atoms with Crippen LogP contribution >= 0.6 is 0 Å². The molecule has 1 fully saturated rings. The van der Waals surface area contributed by atoms with Gasteiger partial charge in [0, 0.05) is 13.2 Å². The molecule has 2 unspecified atom stereocenters. The Morgan fingerprint density at radius 1 is 1.00 bits per heavy atom. The van der Waals surface area contributed by atoms with Crippen LogP contribution in [0.25, 0.3) is 0 Å². The molecule has 1 aliphatic heterocycles. The maximum absolute atomic E-state index is 5.87. The molecule has 0 aromatic heterocycles. The van der Waals surface area contributed by atoms with E-state index < -0.39 is 0 Å². The van der Waals surface area contributed by atoms with E-state index in [1.807, 2.05) is 0 Å². The summed E-state index contributed by atoms with van der Waals surface area (Å²) in [5.74, 6) is 0.769. The van der Waals surface area contributed by atoms with Gasteiger partial charge in [-0.25, -0.2) is 0 Å². The Morgan fingerprint density at radius 3 is 2.44 bits per heavy atom. The third-order valence-corrected chi connectivity index (χ3v) is 4.10. The van der Waals surface area contributed by atoms with Gasteiger partial charge in [-0.3, -0.25) is 0 Å². The van der Waals surface area contributed by atoms with Crippen molar-refractivity contribution < 1.29 is 4.74 Å². The zero-order valence-electron chi connectivity index (χ0n) is 12.5. The molecule has 1 N–H and O–H groups in total. The van der Waals surface area contributed by atoms with Gasteiger partial charge in [0.05, 0.1) is 6.10 Å². The van der Waals surface area contributed by atoms with E-state index in [1.165, 1.54) is 57.8 Å². The molecule has 1 aliphatic rings. The Balaban J connectivity index is 1.97. The fourth-order valence-corrected chi connectivity index (χ4v) is 2.88. The Bertz CT molecular complexity index is 184. The van der Waals surface area contributed by atoms with Gasteiger partial charge >= 0.3 is 0 Å². The highest BCUT2D eigenvalue weighted by molar-refractivity contribution is 4.77. The molecule has 2 heteroatoms. The molecule has 0 amide bonds. The summed E-state index contributed by atoms with van der Waals surface area (Å²) in [7, 11) is 0. The van der Waals surface area contributed by atoms with E-state index in [0.717, 1.165) is 25.6 Å². The number of rotatable bonds is 11. The topological polar surface area (TPSA) is 21.3 Å². The van der Waals surface area contributed by atoms with Crippen molar-refractivity contribution in [3.63, 3.8) is 0 Å². The number of nitrogens with one attached hydrogen (secondary N) is 1. The Hall–Kier alpha value is -0.0800. The van der Waals surface area contributed by atoms with Crippen molar-refractivity contribution in [2.45, 2.75) is 77.7 Å². The summed E-state index contributed by atoms with van der Waals surface area (Å²) in [4.78, 5) is 0. The third kappa shape index (κ3) is 6.75. The second kappa shape index (κ2) is 10.8. The van der Waals surface area contributed by atoms with E-state index >= 15 is 0 Å². The molecular weight excluding hydrogens is 222 g/mol. The monoisotopic (exact) mass is 255 g/mol. The minimum Gasteiger partial charge on any atom is -0.378 e. The van der Waals surface area contributed by atoms with Crippen LogP contribution in [0, 0.1) is 5.92 Å². The fraction of sp³-hybridized carbons (Fsp3) is 1.00. The van der Waals surface area contributed by atoms with Gasteiger partial charge in [-0.15, -0.1) is 0 Å². The highest BCUT2D eigenvalue weighted by Gasteiger charge is 2.26. The molecule has 0 bridgehead atoms. The zero-order chi connectivity index (χ0) is 13.1. The molecule has 2 nitrogen and oxygen atoms in total. The van der Waals surface area contributed by atoms with Crippen molar-refractivity contribution in [3.8, 4) is 0 Å². The zero-order valence-corrected chi connectivity index (χ0v) is 12.5. The van der Waals surface area contributed by atoms with Crippen LogP contribution in [0.1, 0.15) is 71.6 Å². The standard InChI is InChI=1S/C16H33NO/c1-3-5-6-7-8-9-10-11-16-15(12-13-18-16)14-17-4-2/h15-17H,3-14H2,1-2H3. The van der Waals surface area contributed by atoms with E-state index in [9.17, 15) is 0 Å². The predicted molar refractivity (Wildman–Crippen MR) is 79.0 cm³/mol. The van der Waals surface area contributed by atoms with Crippen LogP contribution in [0.2, 0.25) is 0 Å². The number of hydrogen-bond donors (Lipinski definition) is 1. The average Bonchev–Trinajstić information content (AvgIpc) is 2.83. The Labute approximate surface area is 114 Å². The Morgan fingerprint density at radius 2 is 1.72 bits per heavy atom. The van der Waals surface area contributed by atoms with Gasteiger partial charge in [0.2, 0.25) is 0 Å². The summed E-state index contributed by atoms with van der Waals surface area (Å²) >= 11 is 0. The van der Waals surface area contributed by atoms with Gasteiger partial charge in [0.25, 0.3) is 0 Å². The largest absolute Gasteiger partial charge is 0.378 e. The average molecular weight is 255 g/mol. The van der Waals surface area contributed by atoms with Gasteiger partial charge in [0.1, 0.15) is 0 Å². The highest BCUT2D eigenvalue weighted by Crippen LogP contribution is 2.25. The van der Waals surface area contributed by atoms with Crippen LogP contribution in [0.15, 0.2) is 0 Å². The van der Waals surface area contributed by atoms with Crippen molar-refractivity contribution in [1.29, 1.82) is 0 Å². The number of hydrogen-bond acceptors (Lipinski definition) is 2. The first-order valence-corrected chi connectivity index (χ1v) is 8.20. The molecule has 18 heavy (non-hydrogen) atoms. The summed E-state index contributed by atoms with van der Waals surface area (Å²) < 4.78 is 5.87. The molecule has 1 rings (SSSR count). The summed E-state index contributed by atoms with van der Waals surface area (Å²) in [6.07, 6.45) is 12.9. The van der Waals surface area contributed by atoms with E-state index in [1.54, 1.807) is 0 Å². The normalized spacial score (nSPS) is 23.7. The summed E-state index contributed by atoms with van der Waals surface area (Å²) in [6.45, 7) is 7.68. The molecule has 0 aliphatic carbocycles. The van der Waals surface area contributed by atoms with Gasteiger partial charge in [-0.2, -0.15) is 0 Å². The van der Waals surface area contributed by atoms with Crippen LogP contribution < -0.4 is 5.32 Å². The van der Waals surface area contributed by atoms with Crippen LogP contribution in [0.5, 0.6) is 0 Å². The molecular formula is C16H33NO. The minimum atomic E-state index is 0.541. The van der Waals surface area contributed by atoms with Crippen molar-refractivity contribution in [2.24, 2.45) is 5.92 Å². The smallest absolute Gasteiger partial charge is 0.0616 e. The predicted octanol–water partition coefficient (Wildman–Crippen LogP) is 4.14. The van der Waals surface area contributed by atoms with Crippen molar-refractivity contribution in [2.75, 3.05) is 19.7 Å². The van der Waals surface area contributed by atoms with E-state index in [4.69, 9.17) is 4.74 Å². The van der Waals surface area contributed by atoms with Crippen LogP contribution in [0.3, 0.4) is 0 Å². The van der Waals surface area contributed by atoms with Crippen LogP contribution in [0.4, 0.5) is 0 Å². The van der Waals surface area contributed by atoms with Gasteiger partial charge < -0.3 is 10.1 Å². The first-order valence-electron chi connectivity index (χ1n) is 8.20. The van der Waals surface area contributed by atoms with Crippen LogP contribution in [-0.2, 0) is 4.74 Å². The minimum absolute atomic E-state index is 0.541. The second-order valence-electron chi connectivity index (χ2n) is 5.68. The Kier molecular flexibility index (Phi) is 9.59. The SMILES string of the molecule is CCCCCCCCCC1OCCC1CNCC. The number of ether oxygens (including phenoxy) is 1. The molecule has 2 atom stereocenters. The lowest BCUT2D eigenvalue weighted by Crippen LogP contribution is -2.28. The lowest BCUT2D eigenvalue weighted by molar-refractivity contribution is 0.0810. The van der Waals surface area contributed by atoms with E-state index in [2.05, 4.69) is 19.2 Å². The van der Waals surface area contributed by atoms with Crippen molar-refractivity contribution in [1.82, 2.24) is 5.32 Å². The third-order valence-electron chi connectivity index (χ3n) is 4.10. The summed E-state index contributed by atoms with van der Waals surface area (Å²) in [5.41, 5.74) is 0. The van der Waals surface area contributed by atoms with Gasteiger partial charge in [-0.05, 0) is 25.3 Å². The quantitative estimate of drug-likeness (QED) is 0.560. The maximum Gasteiger partial charge on any atom is 0.0616 e. The second-order valence-corrected chi connectivity index (χ2v) is 5.68. The van der Waals surface area contributed by atoms with E-state index in [0.29, 0.717) is 6.10 Å². The molecule has 0 aromatic carbocycles. The molecule has 0 spiro atoms. The van der Waals surface area contributed by atoms with Gasteiger partial charge in [-0.1, -0.05) is 58.8 Å².